The fraction of sp³-hybridized carbons (Fsp3) is 0.778. The highest BCUT2D eigenvalue weighted by Crippen LogP contribution is 2.24. The van der Waals surface area contributed by atoms with Crippen molar-refractivity contribution >= 4 is 22.9 Å². The van der Waals surface area contributed by atoms with Crippen molar-refractivity contribution in [1.29, 1.82) is 0 Å². The number of hydrogen-bond acceptors (Lipinski definition) is 12. The van der Waals surface area contributed by atoms with Gasteiger partial charge in [0.2, 0.25) is 5.91 Å². The number of thioether (sulfide) groups is 1. The molecule has 1 saturated heterocycles. The van der Waals surface area contributed by atoms with E-state index in [-0.39, 0.29) is 12.3 Å². The Morgan fingerprint density at radius 1 is 1.23 bits per heavy atom. The molecule has 0 bridgehead atoms. The molecule has 16 nitrogen and oxygen atoms in total. The molecule has 2 atom stereocenters. The Hall–Kier alpha value is -3.11. The van der Waals surface area contributed by atoms with E-state index in [1.54, 1.807) is 0 Å². The van der Waals surface area contributed by atoms with Crippen LogP contribution in [0.1, 0.15) is 0 Å². The van der Waals surface area contributed by atoms with Gasteiger partial charge in [0.15, 0.2) is 0 Å². The Kier molecular flexibility index (Phi) is 8.06. The van der Waals surface area contributed by atoms with Gasteiger partial charge in [-0.3, -0.25) is 9.59 Å². The first-order chi connectivity index (χ1) is 12.2. The molecule has 0 spiro atoms. The Labute approximate surface area is 148 Å². The van der Waals surface area contributed by atoms with E-state index < -0.39 is 58.3 Å². The highest BCUT2D eigenvalue weighted by molar-refractivity contribution is 8.13. The second kappa shape index (κ2) is 10.0. The lowest BCUT2D eigenvalue weighted by Gasteiger charge is -2.26. The Bertz CT molecular complexity index is 574. The van der Waals surface area contributed by atoms with Crippen LogP contribution < -0.4 is 5.32 Å². The minimum atomic E-state index is -1.49. The molecule has 1 aliphatic heterocycles. The van der Waals surface area contributed by atoms with Crippen molar-refractivity contribution in [2.45, 2.75) is 12.1 Å². The summed E-state index contributed by atoms with van der Waals surface area (Å²) in [6.45, 7) is -1.95. The molecule has 1 fully saturated rings. The van der Waals surface area contributed by atoms with Gasteiger partial charge in [0.1, 0.15) is 25.4 Å². The third-order valence-electron chi connectivity index (χ3n) is 2.88. The second-order valence-electron chi connectivity index (χ2n) is 4.56. The lowest BCUT2D eigenvalue weighted by atomic mass is 10.2. The first kappa shape index (κ1) is 20.9. The number of hydrogen-bond donors (Lipinski definition) is 1. The van der Waals surface area contributed by atoms with Gasteiger partial charge < -0.3 is 24.7 Å². The predicted octanol–water partition coefficient (Wildman–Crippen LogP) is -1.37. The summed E-state index contributed by atoms with van der Waals surface area (Å²) in [5, 5.41) is 28.9. The van der Waals surface area contributed by atoms with Crippen molar-refractivity contribution in [2.24, 2.45) is 0 Å². The molecule has 2 unspecified atom stereocenters. The van der Waals surface area contributed by atoms with Gasteiger partial charge in [-0.2, -0.15) is 0 Å². The van der Waals surface area contributed by atoms with E-state index in [2.05, 4.69) is 19.8 Å². The van der Waals surface area contributed by atoms with Crippen LogP contribution in [-0.2, 0) is 19.3 Å². The van der Waals surface area contributed by atoms with E-state index in [0.29, 0.717) is 0 Å². The van der Waals surface area contributed by atoms with Crippen molar-refractivity contribution in [1.82, 2.24) is 10.2 Å². The van der Waals surface area contributed by atoms with E-state index in [1.807, 2.05) is 0 Å². The fourth-order valence-corrected chi connectivity index (χ4v) is 2.88. The number of nitrogens with one attached hydrogen (secondary N) is 1. The Morgan fingerprint density at radius 2 is 1.88 bits per heavy atom. The molecule has 0 aromatic rings. The molecule has 17 heteroatoms. The summed E-state index contributed by atoms with van der Waals surface area (Å²) >= 11 is 0.758. The van der Waals surface area contributed by atoms with Crippen molar-refractivity contribution in [2.75, 3.05) is 32.1 Å². The fourth-order valence-electron chi connectivity index (χ4n) is 1.88. The quantitative estimate of drug-likeness (QED) is 0.229. The Balaban J connectivity index is 2.64. The summed E-state index contributed by atoms with van der Waals surface area (Å²) in [5.41, 5.74) is 0. The topological polar surface area (TPSA) is 207 Å². The molecule has 1 rings (SSSR count). The maximum absolute atomic E-state index is 12.1. The molecule has 0 radical (unpaired) electrons. The molecule has 1 N–H and O–H groups in total. The van der Waals surface area contributed by atoms with Crippen LogP contribution in [0.15, 0.2) is 0 Å². The van der Waals surface area contributed by atoms with Gasteiger partial charge in [0.25, 0.3) is 20.5 Å². The van der Waals surface area contributed by atoms with Gasteiger partial charge >= 0.3 is 0 Å². The van der Waals surface area contributed by atoms with Crippen molar-refractivity contribution in [3.63, 3.8) is 0 Å². The van der Waals surface area contributed by atoms with Gasteiger partial charge in [0, 0.05) is 12.3 Å². The minimum Gasteiger partial charge on any atom is -0.352 e. The summed E-state index contributed by atoms with van der Waals surface area (Å²) in [4.78, 5) is 67.8. The minimum absolute atomic E-state index is 0.0159. The number of carbonyl (C=O) groups excluding carboxylic acids is 2. The summed E-state index contributed by atoms with van der Waals surface area (Å²) in [7, 11) is 0. The van der Waals surface area contributed by atoms with Crippen LogP contribution in [0.25, 0.3) is 0 Å². The third-order valence-corrected chi connectivity index (χ3v) is 3.84. The van der Waals surface area contributed by atoms with E-state index >= 15 is 0 Å². The third kappa shape index (κ3) is 7.20. The summed E-state index contributed by atoms with van der Waals surface area (Å²) in [5.74, 6) is -0.660. The largest absolute Gasteiger partial charge is 0.352 e. The number of rotatable bonds is 12. The van der Waals surface area contributed by atoms with Gasteiger partial charge in [-0.25, -0.2) is 0 Å². The van der Waals surface area contributed by atoms with Crippen LogP contribution in [0, 0.1) is 30.3 Å². The lowest BCUT2D eigenvalue weighted by Crippen LogP contribution is -2.50. The molecule has 26 heavy (non-hydrogen) atoms. The first-order valence-corrected chi connectivity index (χ1v) is 7.76. The molecule has 1 heterocycles. The van der Waals surface area contributed by atoms with E-state index in [1.165, 1.54) is 0 Å². The molecule has 146 valence electrons. The smallest absolute Gasteiger partial charge is 0.294 e. The van der Waals surface area contributed by atoms with Crippen LogP contribution in [0.5, 0.6) is 0 Å². The normalized spacial score (nSPS) is 17.3. The maximum Gasteiger partial charge on any atom is 0.294 e. The molecule has 1 aliphatic rings. The van der Waals surface area contributed by atoms with Crippen LogP contribution >= 0.6 is 11.8 Å². The zero-order chi connectivity index (χ0) is 19.7. The van der Waals surface area contributed by atoms with Crippen molar-refractivity contribution < 1.29 is 39.4 Å². The predicted molar refractivity (Wildman–Crippen MR) is 79.1 cm³/mol. The van der Waals surface area contributed by atoms with Gasteiger partial charge in [0.05, 0.1) is 6.54 Å². The highest BCUT2D eigenvalue weighted by atomic mass is 32.2. The molecule has 0 aromatic heterocycles. The van der Waals surface area contributed by atoms with Crippen LogP contribution in [-0.4, -0.2) is 75.5 Å². The summed E-state index contributed by atoms with van der Waals surface area (Å²) in [6.07, 6.45) is -1.49. The van der Waals surface area contributed by atoms with Crippen LogP contribution in [0.4, 0.5) is 4.79 Å². The average molecular weight is 399 g/mol. The van der Waals surface area contributed by atoms with Crippen LogP contribution in [0.3, 0.4) is 0 Å². The number of amides is 2. The average Bonchev–Trinajstić information content (AvgIpc) is 2.89. The molecule has 0 aliphatic carbocycles. The molecular weight excluding hydrogens is 386 g/mol. The van der Waals surface area contributed by atoms with E-state index in [0.717, 1.165) is 16.7 Å². The first-order valence-electron chi connectivity index (χ1n) is 6.77. The maximum atomic E-state index is 12.1. The van der Waals surface area contributed by atoms with Gasteiger partial charge in [-0.15, -0.1) is 30.3 Å². The monoisotopic (exact) mass is 399 g/mol. The SMILES string of the molecule is O=C(NCCO[N+](=O)[O-])C1CSC(=O)N1CC(CO[N+](=O)[O-])O[N+](=O)[O-]. The zero-order valence-electron chi connectivity index (χ0n) is 12.9. The van der Waals surface area contributed by atoms with E-state index in [9.17, 15) is 39.9 Å². The molecular formula is C9H13N5O11S. The number of nitrogens with zero attached hydrogens (tertiary/aromatic N) is 4. The van der Waals surface area contributed by atoms with Crippen molar-refractivity contribution in [3.8, 4) is 0 Å². The molecule has 2 amide bonds. The number of carbonyl (C=O) groups is 2. The summed E-state index contributed by atoms with van der Waals surface area (Å²) in [6, 6.07) is -1.04. The highest BCUT2D eigenvalue weighted by Gasteiger charge is 2.38. The second-order valence-corrected chi connectivity index (χ2v) is 5.53. The van der Waals surface area contributed by atoms with Gasteiger partial charge in [-0.1, -0.05) is 11.8 Å². The van der Waals surface area contributed by atoms with Gasteiger partial charge in [-0.05, 0) is 0 Å². The van der Waals surface area contributed by atoms with Crippen LogP contribution in [0.2, 0.25) is 0 Å². The Morgan fingerprint density at radius 3 is 2.46 bits per heavy atom. The molecule has 0 aromatic carbocycles. The standard InChI is InChI=1S/C9H13N5O11S/c15-8(10-1-2-23-12(17)18)7-5-26-9(16)11(7)3-6(25-14(21)22)4-24-13(19)20/h6-7H,1-5H2,(H,10,15). The lowest BCUT2D eigenvalue weighted by molar-refractivity contribution is -0.789. The van der Waals surface area contributed by atoms with E-state index in [4.69, 9.17) is 0 Å². The molecule has 0 saturated carbocycles. The van der Waals surface area contributed by atoms with Crippen molar-refractivity contribution in [3.05, 3.63) is 30.3 Å². The zero-order valence-corrected chi connectivity index (χ0v) is 13.7. The summed E-state index contributed by atoms with van der Waals surface area (Å²) < 4.78 is 0.